The fraction of sp³-hybridized carbons (Fsp3) is 0.375. The summed E-state index contributed by atoms with van der Waals surface area (Å²) in [5.41, 5.74) is 0.946. The normalized spacial score (nSPS) is 17.4. The third-order valence-corrected chi connectivity index (χ3v) is 6.52. The van der Waals surface area contributed by atoms with Crippen LogP contribution in [0.25, 0.3) is 0 Å². The number of rotatable bonds is 4. The fourth-order valence-electron chi connectivity index (χ4n) is 2.79. The van der Waals surface area contributed by atoms with E-state index in [-0.39, 0.29) is 12.6 Å². The summed E-state index contributed by atoms with van der Waals surface area (Å²) in [4.78, 5) is 2.14. The standard InChI is InChI=1S/C16H19NO4S2/c1-10-7-15(11(2)22-10)23(18,19)17-13-8-12-5-4-6-14(20-3)16(12)21-9-13/h4-7,13,17H,8-9H2,1-3H3/t13-/m0/s1. The summed E-state index contributed by atoms with van der Waals surface area (Å²) in [7, 11) is -1.95. The van der Waals surface area contributed by atoms with Crippen molar-refractivity contribution in [3.05, 3.63) is 39.6 Å². The van der Waals surface area contributed by atoms with Gasteiger partial charge >= 0.3 is 0 Å². The number of hydrogen-bond acceptors (Lipinski definition) is 5. The van der Waals surface area contributed by atoms with Gasteiger partial charge in [0.15, 0.2) is 11.5 Å². The molecule has 0 saturated heterocycles. The summed E-state index contributed by atoms with van der Waals surface area (Å²) in [5, 5.41) is 0. The highest BCUT2D eigenvalue weighted by molar-refractivity contribution is 7.89. The van der Waals surface area contributed by atoms with Crippen LogP contribution in [0.2, 0.25) is 0 Å². The summed E-state index contributed by atoms with van der Waals surface area (Å²) >= 11 is 1.48. The first-order valence-corrected chi connectivity index (χ1v) is 9.58. The van der Waals surface area contributed by atoms with E-state index in [0.717, 1.165) is 15.3 Å². The number of ether oxygens (including phenoxy) is 2. The Kier molecular flexibility index (Phi) is 4.35. The molecule has 124 valence electrons. The maximum Gasteiger partial charge on any atom is 0.242 e. The third-order valence-electron chi connectivity index (χ3n) is 3.78. The molecule has 0 fully saturated rings. The Morgan fingerprint density at radius 1 is 1.35 bits per heavy atom. The van der Waals surface area contributed by atoms with Gasteiger partial charge in [0.2, 0.25) is 10.0 Å². The van der Waals surface area contributed by atoms with E-state index in [1.165, 1.54) is 11.3 Å². The molecule has 2 heterocycles. The Morgan fingerprint density at radius 3 is 2.78 bits per heavy atom. The van der Waals surface area contributed by atoms with E-state index < -0.39 is 10.0 Å². The summed E-state index contributed by atoms with van der Waals surface area (Å²) in [5.74, 6) is 1.38. The molecule has 1 aromatic carbocycles. The molecule has 3 rings (SSSR count). The van der Waals surface area contributed by atoms with Gasteiger partial charge in [-0.15, -0.1) is 11.3 Å². The monoisotopic (exact) mass is 353 g/mol. The van der Waals surface area contributed by atoms with Crippen molar-refractivity contribution in [2.75, 3.05) is 13.7 Å². The van der Waals surface area contributed by atoms with Gasteiger partial charge in [0.05, 0.1) is 18.0 Å². The molecule has 23 heavy (non-hydrogen) atoms. The smallest absolute Gasteiger partial charge is 0.242 e. The van der Waals surface area contributed by atoms with Crippen LogP contribution >= 0.6 is 11.3 Å². The van der Waals surface area contributed by atoms with E-state index in [4.69, 9.17) is 9.47 Å². The van der Waals surface area contributed by atoms with Crippen LogP contribution in [0.15, 0.2) is 29.2 Å². The van der Waals surface area contributed by atoms with E-state index in [9.17, 15) is 8.42 Å². The first-order valence-electron chi connectivity index (χ1n) is 7.29. The van der Waals surface area contributed by atoms with Crippen LogP contribution in [-0.4, -0.2) is 28.2 Å². The maximum absolute atomic E-state index is 12.6. The zero-order valence-electron chi connectivity index (χ0n) is 13.3. The van der Waals surface area contributed by atoms with E-state index in [1.54, 1.807) is 13.2 Å². The molecule has 0 aliphatic carbocycles. The van der Waals surface area contributed by atoms with Crippen molar-refractivity contribution < 1.29 is 17.9 Å². The first kappa shape index (κ1) is 16.3. The number of fused-ring (bicyclic) bond motifs is 1. The number of sulfonamides is 1. The molecule has 5 nitrogen and oxygen atoms in total. The number of benzene rings is 1. The number of aryl methyl sites for hydroxylation is 2. The summed E-state index contributed by atoms with van der Waals surface area (Å²) in [6, 6.07) is 7.06. The van der Waals surface area contributed by atoms with Gasteiger partial charge in [-0.1, -0.05) is 12.1 Å². The Balaban J connectivity index is 1.81. The van der Waals surface area contributed by atoms with Gasteiger partial charge in [-0.3, -0.25) is 0 Å². The van der Waals surface area contributed by atoms with Gasteiger partial charge in [-0.05, 0) is 38.0 Å². The van der Waals surface area contributed by atoms with Crippen molar-refractivity contribution in [2.24, 2.45) is 0 Å². The highest BCUT2D eigenvalue weighted by atomic mass is 32.2. The molecule has 0 radical (unpaired) electrons. The zero-order valence-corrected chi connectivity index (χ0v) is 14.9. The lowest BCUT2D eigenvalue weighted by Crippen LogP contribution is -2.42. The predicted octanol–water partition coefficient (Wildman–Crippen LogP) is 2.66. The second kappa shape index (κ2) is 6.14. The van der Waals surface area contributed by atoms with Gasteiger partial charge in [-0.2, -0.15) is 0 Å². The number of thiophene rings is 1. The van der Waals surface area contributed by atoms with E-state index in [2.05, 4.69) is 4.72 Å². The lowest BCUT2D eigenvalue weighted by Gasteiger charge is -2.27. The molecule has 2 aromatic rings. The molecule has 0 unspecified atom stereocenters. The van der Waals surface area contributed by atoms with Crippen LogP contribution in [0, 0.1) is 13.8 Å². The molecular weight excluding hydrogens is 334 g/mol. The molecule has 1 N–H and O–H groups in total. The zero-order chi connectivity index (χ0) is 16.6. The van der Waals surface area contributed by atoms with Crippen LogP contribution in [0.4, 0.5) is 0 Å². The minimum Gasteiger partial charge on any atom is -0.493 e. The molecule has 7 heteroatoms. The lowest BCUT2D eigenvalue weighted by molar-refractivity contribution is 0.240. The third kappa shape index (κ3) is 3.22. The Bertz CT molecular complexity index is 827. The Morgan fingerprint density at radius 2 is 2.13 bits per heavy atom. The van der Waals surface area contributed by atoms with Crippen LogP contribution in [0.1, 0.15) is 15.3 Å². The average molecular weight is 353 g/mol. The summed E-state index contributed by atoms with van der Waals surface area (Å²) < 4.78 is 38.9. The molecule has 1 aromatic heterocycles. The highest BCUT2D eigenvalue weighted by Crippen LogP contribution is 2.35. The van der Waals surface area contributed by atoms with Gasteiger partial charge in [0.1, 0.15) is 6.61 Å². The van der Waals surface area contributed by atoms with Crippen molar-refractivity contribution in [1.82, 2.24) is 4.72 Å². The highest BCUT2D eigenvalue weighted by Gasteiger charge is 2.28. The molecule has 0 spiro atoms. The Hall–Kier alpha value is -1.57. The number of hydrogen-bond donors (Lipinski definition) is 1. The molecule has 0 amide bonds. The van der Waals surface area contributed by atoms with Crippen molar-refractivity contribution >= 4 is 21.4 Å². The SMILES string of the molecule is COc1cccc2c1OC[C@@H](NS(=O)(=O)c1cc(C)sc1C)C2. The van der Waals surface area contributed by atoms with Crippen molar-refractivity contribution in [1.29, 1.82) is 0 Å². The summed E-state index contributed by atoms with van der Waals surface area (Å²) in [6.07, 6.45) is 0.577. The molecule has 1 atom stereocenters. The Labute approximate surface area is 140 Å². The number of para-hydroxylation sites is 1. The van der Waals surface area contributed by atoms with Crippen molar-refractivity contribution in [2.45, 2.75) is 31.2 Å². The topological polar surface area (TPSA) is 64.6 Å². The van der Waals surface area contributed by atoms with E-state index in [0.29, 0.717) is 22.8 Å². The molecule has 0 bridgehead atoms. The summed E-state index contributed by atoms with van der Waals surface area (Å²) in [6.45, 7) is 4.02. The minimum atomic E-state index is -3.54. The second-order valence-electron chi connectivity index (χ2n) is 5.56. The van der Waals surface area contributed by atoms with Crippen LogP contribution in [0.5, 0.6) is 11.5 Å². The van der Waals surface area contributed by atoms with E-state index in [1.807, 2.05) is 32.0 Å². The van der Waals surface area contributed by atoms with Crippen LogP contribution in [0.3, 0.4) is 0 Å². The van der Waals surface area contributed by atoms with Gasteiger partial charge < -0.3 is 9.47 Å². The number of methoxy groups -OCH3 is 1. The van der Waals surface area contributed by atoms with Gasteiger partial charge in [0.25, 0.3) is 0 Å². The average Bonchev–Trinajstić information content (AvgIpc) is 2.85. The molecular formula is C16H19NO4S2. The molecule has 1 aliphatic heterocycles. The van der Waals surface area contributed by atoms with E-state index >= 15 is 0 Å². The quantitative estimate of drug-likeness (QED) is 0.918. The molecule has 0 saturated carbocycles. The minimum absolute atomic E-state index is 0.286. The van der Waals surface area contributed by atoms with Crippen molar-refractivity contribution in [3.8, 4) is 11.5 Å². The van der Waals surface area contributed by atoms with Gasteiger partial charge in [-0.25, -0.2) is 13.1 Å². The first-order chi connectivity index (χ1) is 10.9. The van der Waals surface area contributed by atoms with Crippen LogP contribution < -0.4 is 14.2 Å². The van der Waals surface area contributed by atoms with Gasteiger partial charge in [0, 0.05) is 9.75 Å². The van der Waals surface area contributed by atoms with Crippen molar-refractivity contribution in [3.63, 3.8) is 0 Å². The second-order valence-corrected chi connectivity index (χ2v) is 8.70. The maximum atomic E-state index is 12.6. The largest absolute Gasteiger partial charge is 0.493 e. The lowest BCUT2D eigenvalue weighted by atomic mass is 10.0. The fourth-order valence-corrected chi connectivity index (χ4v) is 5.56. The molecule has 1 aliphatic rings. The number of nitrogens with one attached hydrogen (secondary N) is 1. The van der Waals surface area contributed by atoms with Crippen LogP contribution in [-0.2, 0) is 16.4 Å². The predicted molar refractivity (Wildman–Crippen MR) is 90.1 cm³/mol.